The van der Waals surface area contributed by atoms with Crippen molar-refractivity contribution in [1.82, 2.24) is 9.80 Å². The van der Waals surface area contributed by atoms with Crippen molar-refractivity contribution in [3.8, 4) is 0 Å². The minimum absolute atomic E-state index is 0.0370. The van der Waals surface area contributed by atoms with Gasteiger partial charge in [-0.3, -0.25) is 9.69 Å². The number of carbonyl (C=O) groups excluding carboxylic acids is 1. The second-order valence-electron chi connectivity index (χ2n) is 6.19. The molecule has 3 rings (SSSR count). The first-order valence-electron chi connectivity index (χ1n) is 8.34. The summed E-state index contributed by atoms with van der Waals surface area (Å²) in [6, 6.07) is 20.3. The molecule has 3 heteroatoms. The smallest absolute Gasteiger partial charge is 0.228 e. The lowest BCUT2D eigenvalue weighted by Gasteiger charge is -2.36. The Labute approximate surface area is 138 Å². The average Bonchev–Trinajstić information content (AvgIpc) is 3.11. The van der Waals surface area contributed by atoms with Gasteiger partial charge in [0.2, 0.25) is 5.91 Å². The van der Waals surface area contributed by atoms with Crippen molar-refractivity contribution in [2.45, 2.75) is 25.4 Å². The number of nitrogens with zero attached hydrogens (tertiary/aromatic N) is 2. The molecule has 3 nitrogen and oxygen atoms in total. The molecule has 0 aromatic heterocycles. The van der Waals surface area contributed by atoms with Crippen molar-refractivity contribution in [1.29, 1.82) is 0 Å². The second kappa shape index (κ2) is 7.42. The first-order valence-corrected chi connectivity index (χ1v) is 8.34. The molecule has 0 spiro atoms. The quantitative estimate of drug-likeness (QED) is 0.844. The maximum atomic E-state index is 12.8. The van der Waals surface area contributed by atoms with Gasteiger partial charge in [0.1, 0.15) is 6.17 Å². The molecular formula is C20H24N2O. The predicted molar refractivity (Wildman–Crippen MR) is 92.9 cm³/mol. The largest absolute Gasteiger partial charge is 0.325 e. The predicted octanol–water partition coefficient (Wildman–Crippen LogP) is 3.48. The molecule has 0 aliphatic carbocycles. The van der Waals surface area contributed by atoms with Gasteiger partial charge < -0.3 is 4.90 Å². The van der Waals surface area contributed by atoms with E-state index in [2.05, 4.69) is 17.0 Å². The van der Waals surface area contributed by atoms with Crippen molar-refractivity contribution in [2.24, 2.45) is 0 Å². The zero-order valence-corrected chi connectivity index (χ0v) is 13.7. The second-order valence-corrected chi connectivity index (χ2v) is 6.19. The number of rotatable bonds is 5. The molecule has 23 heavy (non-hydrogen) atoms. The van der Waals surface area contributed by atoms with Gasteiger partial charge in [-0.2, -0.15) is 0 Å². The third kappa shape index (κ3) is 3.80. The van der Waals surface area contributed by atoms with Crippen LogP contribution in [0.4, 0.5) is 0 Å². The highest BCUT2D eigenvalue weighted by Gasteiger charge is 2.29. The maximum absolute atomic E-state index is 12.8. The summed E-state index contributed by atoms with van der Waals surface area (Å²) in [6.45, 7) is 2.12. The summed E-state index contributed by atoms with van der Waals surface area (Å²) in [5.74, 6) is 0.164. The Bertz CT molecular complexity index is 621. The molecule has 0 N–H and O–H groups in total. The van der Waals surface area contributed by atoms with Gasteiger partial charge in [0.15, 0.2) is 0 Å². The molecule has 0 saturated carbocycles. The Morgan fingerprint density at radius 1 is 1.00 bits per heavy atom. The Balaban J connectivity index is 1.79. The Hall–Kier alpha value is -2.13. The summed E-state index contributed by atoms with van der Waals surface area (Å²) >= 11 is 0. The van der Waals surface area contributed by atoms with Crippen LogP contribution in [0.15, 0.2) is 60.7 Å². The van der Waals surface area contributed by atoms with Crippen molar-refractivity contribution >= 4 is 5.91 Å². The normalized spacial score (nSPS) is 16.2. The fourth-order valence-electron chi connectivity index (χ4n) is 3.32. The van der Waals surface area contributed by atoms with E-state index in [9.17, 15) is 4.79 Å². The first-order chi connectivity index (χ1) is 11.3. The van der Waals surface area contributed by atoms with Gasteiger partial charge in [-0.05, 0) is 24.0 Å². The molecule has 2 aromatic carbocycles. The van der Waals surface area contributed by atoms with Gasteiger partial charge in [-0.15, -0.1) is 0 Å². The van der Waals surface area contributed by atoms with Crippen LogP contribution in [0, 0.1) is 0 Å². The lowest BCUT2D eigenvalue weighted by Crippen LogP contribution is -2.42. The van der Waals surface area contributed by atoms with Gasteiger partial charge >= 0.3 is 0 Å². The summed E-state index contributed by atoms with van der Waals surface area (Å²) < 4.78 is 0. The highest BCUT2D eigenvalue weighted by Crippen LogP contribution is 2.28. The molecule has 1 heterocycles. The van der Waals surface area contributed by atoms with Crippen LogP contribution in [0.25, 0.3) is 0 Å². The molecule has 1 unspecified atom stereocenters. The molecule has 1 amide bonds. The highest BCUT2D eigenvalue weighted by molar-refractivity contribution is 5.79. The van der Waals surface area contributed by atoms with Crippen LogP contribution in [0.5, 0.6) is 0 Å². The Kier molecular flexibility index (Phi) is 5.09. The summed E-state index contributed by atoms with van der Waals surface area (Å²) in [6.07, 6.45) is 2.91. The number of likely N-dealkylation sites (N-methyl/N-ethyl adjacent to an activating group) is 1. The number of amides is 1. The molecule has 1 fully saturated rings. The molecule has 2 aromatic rings. The van der Waals surface area contributed by atoms with E-state index >= 15 is 0 Å². The summed E-state index contributed by atoms with van der Waals surface area (Å²) in [7, 11) is 1.93. The van der Waals surface area contributed by atoms with Crippen LogP contribution >= 0.6 is 0 Å². The zero-order valence-electron chi connectivity index (χ0n) is 13.7. The number of benzene rings is 2. The molecule has 0 bridgehead atoms. The summed E-state index contributed by atoms with van der Waals surface area (Å²) in [4.78, 5) is 17.1. The molecule has 120 valence electrons. The van der Waals surface area contributed by atoms with Gasteiger partial charge in [0.25, 0.3) is 0 Å². The summed E-state index contributed by atoms with van der Waals surface area (Å²) in [5.41, 5.74) is 2.26. The fraction of sp³-hybridized carbons (Fsp3) is 0.350. The van der Waals surface area contributed by atoms with Crippen LogP contribution in [-0.2, 0) is 11.2 Å². The third-order valence-electron chi connectivity index (χ3n) is 4.54. The summed E-state index contributed by atoms with van der Waals surface area (Å²) in [5, 5.41) is 0. The van der Waals surface area contributed by atoms with E-state index in [1.807, 2.05) is 60.5 Å². The monoisotopic (exact) mass is 308 g/mol. The van der Waals surface area contributed by atoms with Gasteiger partial charge in [-0.25, -0.2) is 0 Å². The molecule has 1 saturated heterocycles. The van der Waals surface area contributed by atoms with Crippen molar-refractivity contribution < 1.29 is 4.79 Å². The number of hydrogen-bond acceptors (Lipinski definition) is 2. The van der Waals surface area contributed by atoms with E-state index in [0.717, 1.165) is 18.7 Å². The number of carbonyl (C=O) groups is 1. The Morgan fingerprint density at radius 3 is 2.17 bits per heavy atom. The van der Waals surface area contributed by atoms with E-state index in [4.69, 9.17) is 0 Å². The van der Waals surface area contributed by atoms with Crippen LogP contribution in [0.1, 0.15) is 30.1 Å². The van der Waals surface area contributed by atoms with Gasteiger partial charge in [-0.1, -0.05) is 60.7 Å². The lowest BCUT2D eigenvalue weighted by molar-refractivity contribution is -0.135. The third-order valence-corrected chi connectivity index (χ3v) is 4.54. The number of likely N-dealkylation sites (tertiary alicyclic amines) is 1. The van der Waals surface area contributed by atoms with Crippen molar-refractivity contribution in [3.63, 3.8) is 0 Å². The van der Waals surface area contributed by atoms with E-state index < -0.39 is 0 Å². The van der Waals surface area contributed by atoms with E-state index in [1.54, 1.807) is 0 Å². The standard InChI is InChI=1S/C20H24N2O/c1-21(19(23)16-17-10-4-2-5-11-17)20(22-14-8-9-15-22)18-12-6-3-7-13-18/h2-7,10-13,20H,8-9,14-16H2,1H3. The van der Waals surface area contributed by atoms with Crippen LogP contribution in [0.2, 0.25) is 0 Å². The molecule has 1 atom stereocenters. The maximum Gasteiger partial charge on any atom is 0.228 e. The van der Waals surface area contributed by atoms with Crippen LogP contribution < -0.4 is 0 Å². The lowest BCUT2D eigenvalue weighted by atomic mass is 10.1. The van der Waals surface area contributed by atoms with E-state index in [0.29, 0.717) is 6.42 Å². The minimum Gasteiger partial charge on any atom is -0.325 e. The van der Waals surface area contributed by atoms with Gasteiger partial charge in [0, 0.05) is 20.1 Å². The van der Waals surface area contributed by atoms with E-state index in [-0.39, 0.29) is 12.1 Å². The molecule has 1 aliphatic rings. The van der Waals surface area contributed by atoms with Crippen molar-refractivity contribution in [3.05, 3.63) is 71.8 Å². The zero-order chi connectivity index (χ0) is 16.1. The first kappa shape index (κ1) is 15.8. The Morgan fingerprint density at radius 2 is 1.57 bits per heavy atom. The average molecular weight is 308 g/mol. The van der Waals surface area contributed by atoms with Crippen LogP contribution in [-0.4, -0.2) is 35.8 Å². The number of hydrogen-bond donors (Lipinski definition) is 0. The highest BCUT2D eigenvalue weighted by atomic mass is 16.2. The molecule has 1 aliphatic heterocycles. The van der Waals surface area contributed by atoms with E-state index in [1.165, 1.54) is 18.4 Å². The van der Waals surface area contributed by atoms with Crippen LogP contribution in [0.3, 0.4) is 0 Å². The van der Waals surface area contributed by atoms with Crippen molar-refractivity contribution in [2.75, 3.05) is 20.1 Å². The van der Waals surface area contributed by atoms with Gasteiger partial charge in [0.05, 0.1) is 6.42 Å². The molecular weight excluding hydrogens is 284 g/mol. The fourth-order valence-corrected chi connectivity index (χ4v) is 3.32. The topological polar surface area (TPSA) is 23.6 Å². The minimum atomic E-state index is 0.0370. The SMILES string of the molecule is CN(C(=O)Cc1ccccc1)C(c1ccccc1)N1CCCC1. The molecule has 0 radical (unpaired) electrons.